The van der Waals surface area contributed by atoms with Crippen LogP contribution in [0.15, 0.2) is 48.5 Å². The predicted molar refractivity (Wildman–Crippen MR) is 99.4 cm³/mol. The molecule has 138 valence electrons. The number of para-hydroxylation sites is 1. The number of carbonyl (C=O) groups is 2. The third-order valence-corrected chi connectivity index (χ3v) is 3.71. The fourth-order valence-corrected chi connectivity index (χ4v) is 2.38. The SMILES string of the molecule is CCCc1ccc(OCC(=O)NCCNC(=O)c2ccccc2O)cc1. The zero-order valence-electron chi connectivity index (χ0n) is 14.8. The molecule has 0 saturated carbocycles. The van der Waals surface area contributed by atoms with Crippen LogP contribution in [0.25, 0.3) is 0 Å². The number of ether oxygens (including phenoxy) is 1. The molecule has 6 heteroatoms. The molecule has 0 fully saturated rings. The lowest BCUT2D eigenvalue weighted by Crippen LogP contribution is -2.36. The van der Waals surface area contributed by atoms with E-state index in [0.717, 1.165) is 12.8 Å². The van der Waals surface area contributed by atoms with E-state index >= 15 is 0 Å². The third kappa shape index (κ3) is 6.12. The van der Waals surface area contributed by atoms with Crippen LogP contribution in [-0.2, 0) is 11.2 Å². The van der Waals surface area contributed by atoms with Crippen LogP contribution in [0, 0.1) is 0 Å². The second-order valence-electron chi connectivity index (χ2n) is 5.81. The van der Waals surface area contributed by atoms with Crippen LogP contribution < -0.4 is 15.4 Å². The minimum Gasteiger partial charge on any atom is -0.507 e. The Bertz CT molecular complexity index is 729. The number of carbonyl (C=O) groups excluding carboxylic acids is 2. The lowest BCUT2D eigenvalue weighted by molar-refractivity contribution is -0.123. The number of phenols is 1. The van der Waals surface area contributed by atoms with Crippen LogP contribution in [0.5, 0.6) is 11.5 Å². The molecule has 0 saturated heterocycles. The minimum atomic E-state index is -0.388. The standard InChI is InChI=1S/C20H24N2O4/c1-2-5-15-8-10-16(11-9-15)26-14-19(24)21-12-13-22-20(25)17-6-3-4-7-18(17)23/h3-4,6-11,23H,2,5,12-14H2,1H3,(H,21,24)(H,22,25). The first-order valence-electron chi connectivity index (χ1n) is 8.64. The van der Waals surface area contributed by atoms with Crippen molar-refractivity contribution >= 4 is 11.8 Å². The first-order valence-corrected chi connectivity index (χ1v) is 8.64. The van der Waals surface area contributed by atoms with Gasteiger partial charge in [0.15, 0.2) is 6.61 Å². The van der Waals surface area contributed by atoms with Gasteiger partial charge in [0.05, 0.1) is 5.56 Å². The number of phenolic OH excluding ortho intramolecular Hbond substituents is 1. The normalized spacial score (nSPS) is 10.2. The largest absolute Gasteiger partial charge is 0.507 e. The van der Waals surface area contributed by atoms with Crippen molar-refractivity contribution < 1.29 is 19.4 Å². The monoisotopic (exact) mass is 356 g/mol. The molecule has 6 nitrogen and oxygen atoms in total. The third-order valence-electron chi connectivity index (χ3n) is 3.71. The molecule has 0 bridgehead atoms. The second-order valence-corrected chi connectivity index (χ2v) is 5.81. The Morgan fingerprint density at radius 2 is 1.69 bits per heavy atom. The van der Waals surface area contributed by atoms with Crippen LogP contribution in [0.3, 0.4) is 0 Å². The lowest BCUT2D eigenvalue weighted by atomic mass is 10.1. The average molecular weight is 356 g/mol. The van der Waals surface area contributed by atoms with E-state index in [4.69, 9.17) is 4.74 Å². The zero-order valence-corrected chi connectivity index (χ0v) is 14.8. The summed E-state index contributed by atoms with van der Waals surface area (Å²) in [4.78, 5) is 23.7. The van der Waals surface area contributed by atoms with Crippen molar-refractivity contribution in [3.8, 4) is 11.5 Å². The van der Waals surface area contributed by atoms with Crippen LogP contribution in [0.1, 0.15) is 29.3 Å². The molecule has 0 aliphatic rings. The van der Waals surface area contributed by atoms with Crippen molar-refractivity contribution in [3.05, 3.63) is 59.7 Å². The molecular weight excluding hydrogens is 332 g/mol. The highest BCUT2D eigenvalue weighted by Gasteiger charge is 2.09. The molecule has 0 unspecified atom stereocenters. The molecule has 2 aromatic carbocycles. The van der Waals surface area contributed by atoms with Gasteiger partial charge in [0.25, 0.3) is 11.8 Å². The van der Waals surface area contributed by atoms with Gasteiger partial charge in [-0.05, 0) is 36.2 Å². The number of rotatable bonds is 9. The fourth-order valence-electron chi connectivity index (χ4n) is 2.38. The maximum atomic E-state index is 11.9. The first-order chi connectivity index (χ1) is 12.6. The van der Waals surface area contributed by atoms with Crippen molar-refractivity contribution in [2.75, 3.05) is 19.7 Å². The van der Waals surface area contributed by atoms with Gasteiger partial charge in [0.2, 0.25) is 0 Å². The van der Waals surface area contributed by atoms with Gasteiger partial charge in [-0.1, -0.05) is 37.6 Å². The molecule has 0 aliphatic carbocycles. The molecule has 2 amide bonds. The quantitative estimate of drug-likeness (QED) is 0.602. The van der Waals surface area contributed by atoms with Gasteiger partial charge in [-0.25, -0.2) is 0 Å². The van der Waals surface area contributed by atoms with E-state index < -0.39 is 0 Å². The van der Waals surface area contributed by atoms with Gasteiger partial charge in [0, 0.05) is 13.1 Å². The summed E-state index contributed by atoms with van der Waals surface area (Å²) >= 11 is 0. The molecular formula is C20H24N2O4. The molecule has 0 radical (unpaired) electrons. The van der Waals surface area contributed by atoms with Crippen molar-refractivity contribution in [3.63, 3.8) is 0 Å². The smallest absolute Gasteiger partial charge is 0.258 e. The summed E-state index contributed by atoms with van der Waals surface area (Å²) in [7, 11) is 0. The number of benzene rings is 2. The van der Waals surface area contributed by atoms with E-state index in [9.17, 15) is 14.7 Å². The summed E-state index contributed by atoms with van der Waals surface area (Å²) in [5.41, 5.74) is 1.44. The predicted octanol–water partition coefficient (Wildman–Crippen LogP) is 2.27. The second kappa shape index (κ2) is 10.1. The first kappa shape index (κ1) is 19.3. The number of aromatic hydroxyl groups is 1. The summed E-state index contributed by atoms with van der Waals surface area (Å²) in [5.74, 6) is -0.0829. The maximum Gasteiger partial charge on any atom is 0.258 e. The highest BCUT2D eigenvalue weighted by molar-refractivity contribution is 5.96. The van der Waals surface area contributed by atoms with Gasteiger partial charge in [0.1, 0.15) is 11.5 Å². The van der Waals surface area contributed by atoms with Crippen molar-refractivity contribution in [2.24, 2.45) is 0 Å². The van der Waals surface area contributed by atoms with Crippen molar-refractivity contribution in [2.45, 2.75) is 19.8 Å². The van der Waals surface area contributed by atoms with Crippen molar-refractivity contribution in [1.82, 2.24) is 10.6 Å². The summed E-state index contributed by atoms with van der Waals surface area (Å²) in [6, 6.07) is 14.0. The van der Waals surface area contributed by atoms with Gasteiger partial charge in [-0.15, -0.1) is 0 Å². The van der Waals surface area contributed by atoms with E-state index in [1.54, 1.807) is 12.1 Å². The van der Waals surface area contributed by atoms with Crippen LogP contribution >= 0.6 is 0 Å². The molecule has 0 aromatic heterocycles. The number of nitrogens with one attached hydrogen (secondary N) is 2. The highest BCUT2D eigenvalue weighted by Crippen LogP contribution is 2.15. The molecule has 0 atom stereocenters. The van der Waals surface area contributed by atoms with Gasteiger partial charge in [-0.2, -0.15) is 0 Å². The van der Waals surface area contributed by atoms with E-state index in [1.807, 2.05) is 24.3 Å². The van der Waals surface area contributed by atoms with E-state index in [-0.39, 0.29) is 42.8 Å². The lowest BCUT2D eigenvalue weighted by Gasteiger charge is -2.09. The van der Waals surface area contributed by atoms with Gasteiger partial charge in [-0.3, -0.25) is 9.59 Å². The van der Waals surface area contributed by atoms with E-state index in [0.29, 0.717) is 5.75 Å². The molecule has 0 spiro atoms. The van der Waals surface area contributed by atoms with Crippen LogP contribution in [0.2, 0.25) is 0 Å². The highest BCUT2D eigenvalue weighted by atomic mass is 16.5. The maximum absolute atomic E-state index is 11.9. The molecule has 2 aromatic rings. The van der Waals surface area contributed by atoms with Crippen LogP contribution in [-0.4, -0.2) is 36.6 Å². The molecule has 0 aliphatic heterocycles. The van der Waals surface area contributed by atoms with Gasteiger partial charge >= 0.3 is 0 Å². The molecule has 26 heavy (non-hydrogen) atoms. The Labute approximate surface area is 153 Å². The topological polar surface area (TPSA) is 87.7 Å². The fraction of sp³-hybridized carbons (Fsp3) is 0.300. The Morgan fingerprint density at radius 3 is 2.38 bits per heavy atom. The van der Waals surface area contributed by atoms with E-state index in [2.05, 4.69) is 17.6 Å². The summed E-state index contributed by atoms with van der Waals surface area (Å²) in [6.07, 6.45) is 2.11. The molecule has 2 rings (SSSR count). The Hall–Kier alpha value is -3.02. The molecule has 3 N–H and O–H groups in total. The number of amides is 2. The summed E-state index contributed by atoms with van der Waals surface area (Å²) in [6.45, 7) is 2.57. The Kier molecular flexibility index (Phi) is 7.49. The number of aryl methyl sites for hydroxylation is 1. The zero-order chi connectivity index (χ0) is 18.8. The minimum absolute atomic E-state index is 0.0765. The average Bonchev–Trinajstić information content (AvgIpc) is 2.65. The van der Waals surface area contributed by atoms with Gasteiger partial charge < -0.3 is 20.5 Å². The summed E-state index contributed by atoms with van der Waals surface area (Å²) < 4.78 is 5.43. The number of hydrogen-bond donors (Lipinski definition) is 3. The Balaban J connectivity index is 1.64. The van der Waals surface area contributed by atoms with Crippen LogP contribution in [0.4, 0.5) is 0 Å². The van der Waals surface area contributed by atoms with Crippen molar-refractivity contribution in [1.29, 1.82) is 0 Å². The van der Waals surface area contributed by atoms with E-state index in [1.165, 1.54) is 17.7 Å². The Morgan fingerprint density at radius 1 is 1.00 bits per heavy atom. The molecule has 0 heterocycles. The number of hydrogen-bond acceptors (Lipinski definition) is 4. The summed E-state index contributed by atoms with van der Waals surface area (Å²) in [5, 5.41) is 14.9.